The highest BCUT2D eigenvalue weighted by Gasteiger charge is 2.39. The van der Waals surface area contributed by atoms with Crippen molar-refractivity contribution in [3.63, 3.8) is 0 Å². The van der Waals surface area contributed by atoms with Crippen LogP contribution in [0.15, 0.2) is 71.2 Å². The highest BCUT2D eigenvalue weighted by molar-refractivity contribution is 6.10. The molecule has 0 spiro atoms. The molecule has 3 rings (SSSR count). The number of carbonyl (C=O) groups excluding carboxylic acids is 1. The van der Waals surface area contributed by atoms with Crippen molar-refractivity contribution in [2.45, 2.75) is 90.4 Å². The maximum atomic E-state index is 12.7. The normalized spacial score (nSPS) is 18.5. The van der Waals surface area contributed by atoms with Crippen LogP contribution in [0.1, 0.15) is 90.5 Å². The minimum absolute atomic E-state index is 0.0657. The Hall–Kier alpha value is -3.55. The van der Waals surface area contributed by atoms with Crippen LogP contribution in [0.3, 0.4) is 0 Å². The zero-order chi connectivity index (χ0) is 27.7. The number of hydrogen-bond donors (Lipinski definition) is 0. The summed E-state index contributed by atoms with van der Waals surface area (Å²) in [5, 5.41) is 22.6. The van der Waals surface area contributed by atoms with Gasteiger partial charge in [0, 0.05) is 35.0 Å². The van der Waals surface area contributed by atoms with Crippen LogP contribution in [0.25, 0.3) is 0 Å². The number of carbonyl (C=O) groups is 1. The molecule has 38 heavy (non-hydrogen) atoms. The summed E-state index contributed by atoms with van der Waals surface area (Å²) in [6.45, 7) is 7.27. The lowest BCUT2D eigenvalue weighted by atomic mass is 9.83. The van der Waals surface area contributed by atoms with Gasteiger partial charge in [0.15, 0.2) is 0 Å². The van der Waals surface area contributed by atoms with Crippen molar-refractivity contribution < 1.29 is 14.6 Å². The largest absolute Gasteiger partial charge is 0.344 e. The standard InChI is InChI=1S/C30H39N3O5/c1-4-5-6-7-8-9-10-11-12-15-20-31-26-17-14-13-16-25(26)30(2,3)28(31)19-18-23-21-24(32(35)36)22-27(29(23)34)33(37)38/h13-14,16-19,21-22H,4-12,15,20H2,1-3H3/b23-18+,28-19+. The smallest absolute Gasteiger partial charge is 0.323 e. The molecule has 0 atom stereocenters. The van der Waals surface area contributed by atoms with Crippen molar-refractivity contribution in [2.75, 3.05) is 11.4 Å². The lowest BCUT2D eigenvalue weighted by molar-refractivity contribution is -0.431. The van der Waals surface area contributed by atoms with Crippen LogP contribution in [0.5, 0.6) is 0 Å². The second-order valence-corrected chi connectivity index (χ2v) is 10.6. The van der Waals surface area contributed by atoms with E-state index in [1.807, 2.05) is 12.1 Å². The van der Waals surface area contributed by atoms with Gasteiger partial charge in [-0.05, 0) is 30.2 Å². The minimum atomic E-state index is -0.868. The Bertz CT molecular complexity index is 1180. The maximum Gasteiger partial charge on any atom is 0.323 e. The summed E-state index contributed by atoms with van der Waals surface area (Å²) in [5.41, 5.74) is 1.55. The number of para-hydroxylation sites is 1. The number of hydrogen-bond acceptors (Lipinski definition) is 6. The molecule has 2 aliphatic rings. The van der Waals surface area contributed by atoms with E-state index in [9.17, 15) is 25.0 Å². The van der Waals surface area contributed by atoms with E-state index in [0.29, 0.717) is 0 Å². The number of nitro groups is 2. The molecule has 1 aliphatic carbocycles. The van der Waals surface area contributed by atoms with Gasteiger partial charge in [-0.1, -0.05) is 96.8 Å². The summed E-state index contributed by atoms with van der Waals surface area (Å²) >= 11 is 0. The molecule has 0 N–H and O–H groups in total. The van der Waals surface area contributed by atoms with Gasteiger partial charge in [0.2, 0.25) is 0 Å². The maximum absolute atomic E-state index is 12.7. The molecule has 0 saturated carbocycles. The number of ketones is 1. The molecule has 1 aromatic rings. The van der Waals surface area contributed by atoms with Crippen LogP contribution in [-0.4, -0.2) is 22.2 Å². The average Bonchev–Trinajstić information content (AvgIpc) is 3.10. The Kier molecular flexibility index (Phi) is 10.2. The summed E-state index contributed by atoms with van der Waals surface area (Å²) in [6, 6.07) is 8.20. The fourth-order valence-electron chi connectivity index (χ4n) is 5.29. The Morgan fingerprint density at radius 3 is 2.05 bits per heavy atom. The van der Waals surface area contributed by atoms with Crippen molar-refractivity contribution in [2.24, 2.45) is 0 Å². The number of nitrogens with zero attached hydrogens (tertiary/aromatic N) is 3. The summed E-state index contributed by atoms with van der Waals surface area (Å²) < 4.78 is 0. The van der Waals surface area contributed by atoms with Crippen molar-refractivity contribution in [3.8, 4) is 0 Å². The molecule has 0 bridgehead atoms. The lowest BCUT2D eigenvalue weighted by Crippen LogP contribution is -2.27. The van der Waals surface area contributed by atoms with Crippen molar-refractivity contribution >= 4 is 11.5 Å². The van der Waals surface area contributed by atoms with Crippen LogP contribution >= 0.6 is 0 Å². The van der Waals surface area contributed by atoms with Gasteiger partial charge >= 0.3 is 5.70 Å². The minimum Gasteiger partial charge on any atom is -0.344 e. The molecule has 0 fully saturated rings. The number of anilines is 1. The lowest BCUT2D eigenvalue weighted by Gasteiger charge is -2.27. The van der Waals surface area contributed by atoms with Gasteiger partial charge < -0.3 is 4.90 Å². The first-order valence-electron chi connectivity index (χ1n) is 13.7. The summed E-state index contributed by atoms with van der Waals surface area (Å²) in [4.78, 5) is 36.0. The molecular formula is C30H39N3O5. The van der Waals surface area contributed by atoms with E-state index in [2.05, 4.69) is 37.8 Å². The zero-order valence-corrected chi connectivity index (χ0v) is 22.8. The average molecular weight is 522 g/mol. The highest BCUT2D eigenvalue weighted by Crippen LogP contribution is 2.47. The Balaban J connectivity index is 1.75. The van der Waals surface area contributed by atoms with Gasteiger partial charge in [-0.3, -0.25) is 25.0 Å². The zero-order valence-electron chi connectivity index (χ0n) is 22.8. The van der Waals surface area contributed by atoms with Gasteiger partial charge in [0.05, 0.1) is 15.9 Å². The predicted molar refractivity (Wildman–Crippen MR) is 150 cm³/mol. The molecule has 1 heterocycles. The molecule has 204 valence electrons. The Morgan fingerprint density at radius 1 is 0.842 bits per heavy atom. The molecule has 0 radical (unpaired) electrons. The van der Waals surface area contributed by atoms with Gasteiger partial charge in [0.1, 0.15) is 0 Å². The van der Waals surface area contributed by atoms with E-state index >= 15 is 0 Å². The molecule has 0 amide bonds. The Labute approximate surface area is 225 Å². The molecule has 0 aromatic heterocycles. The highest BCUT2D eigenvalue weighted by atomic mass is 16.6. The van der Waals surface area contributed by atoms with Crippen LogP contribution in [0.4, 0.5) is 5.69 Å². The van der Waals surface area contributed by atoms with Gasteiger partial charge in [-0.25, -0.2) is 0 Å². The van der Waals surface area contributed by atoms with E-state index in [0.717, 1.165) is 42.9 Å². The third-order valence-electron chi connectivity index (χ3n) is 7.45. The van der Waals surface area contributed by atoms with Crippen LogP contribution < -0.4 is 4.90 Å². The fourth-order valence-corrected chi connectivity index (χ4v) is 5.29. The quantitative estimate of drug-likeness (QED) is 0.109. The van der Waals surface area contributed by atoms with Crippen molar-refractivity contribution in [1.82, 2.24) is 0 Å². The second-order valence-electron chi connectivity index (χ2n) is 10.6. The molecule has 8 nitrogen and oxygen atoms in total. The summed E-state index contributed by atoms with van der Waals surface area (Å²) in [5.74, 6) is -0.827. The molecule has 8 heteroatoms. The van der Waals surface area contributed by atoms with Crippen LogP contribution in [0, 0.1) is 20.2 Å². The van der Waals surface area contributed by atoms with Gasteiger partial charge in [-0.2, -0.15) is 0 Å². The van der Waals surface area contributed by atoms with Crippen LogP contribution in [-0.2, 0) is 10.2 Å². The van der Waals surface area contributed by atoms with E-state index in [1.165, 1.54) is 63.0 Å². The SMILES string of the molecule is CCCCCCCCCCCCN1/C(=C/C=C2\C=C([N+](=O)[O-])C=C([N+](=O)[O-])C2=O)C(C)(C)c2ccccc21. The Morgan fingerprint density at radius 2 is 1.45 bits per heavy atom. The first-order valence-corrected chi connectivity index (χ1v) is 13.7. The van der Waals surface area contributed by atoms with E-state index in [1.54, 1.807) is 6.08 Å². The molecule has 1 aromatic carbocycles. The topological polar surface area (TPSA) is 107 Å². The first kappa shape index (κ1) is 29.0. The summed E-state index contributed by atoms with van der Waals surface area (Å²) in [6.07, 6.45) is 17.6. The number of fused-ring (bicyclic) bond motifs is 1. The molecule has 0 saturated heterocycles. The second kappa shape index (κ2) is 13.3. The van der Waals surface area contributed by atoms with E-state index in [4.69, 9.17) is 0 Å². The monoisotopic (exact) mass is 521 g/mol. The van der Waals surface area contributed by atoms with Gasteiger partial charge in [0.25, 0.3) is 11.5 Å². The molecule has 1 aliphatic heterocycles. The molecular weight excluding hydrogens is 482 g/mol. The predicted octanol–water partition coefficient (Wildman–Crippen LogP) is 7.42. The van der Waals surface area contributed by atoms with Crippen molar-refractivity contribution in [1.29, 1.82) is 0 Å². The third-order valence-corrected chi connectivity index (χ3v) is 7.45. The first-order chi connectivity index (χ1) is 18.2. The van der Waals surface area contributed by atoms with E-state index in [-0.39, 0.29) is 11.0 Å². The summed E-state index contributed by atoms with van der Waals surface area (Å²) in [7, 11) is 0. The number of unbranched alkanes of at least 4 members (excludes halogenated alkanes) is 9. The van der Waals surface area contributed by atoms with Crippen LogP contribution in [0.2, 0.25) is 0 Å². The number of benzene rings is 1. The molecule has 0 unspecified atom stereocenters. The number of rotatable bonds is 14. The number of allylic oxidation sites excluding steroid dienone is 6. The van der Waals surface area contributed by atoms with Gasteiger partial charge in [-0.15, -0.1) is 0 Å². The third kappa shape index (κ3) is 6.85. The van der Waals surface area contributed by atoms with Crippen molar-refractivity contribution in [3.05, 3.63) is 97.0 Å². The number of Topliss-reactive ketones (excluding diaryl/α,β-unsaturated/α-hetero) is 1. The van der Waals surface area contributed by atoms with E-state index < -0.39 is 27.0 Å². The fraction of sp³-hybridized carbons (Fsp3) is 0.500.